The molecule has 0 unspecified atom stereocenters. The van der Waals surface area contributed by atoms with Gasteiger partial charge >= 0.3 is 0 Å². The fraction of sp³-hybridized carbons (Fsp3) is 0.333. The van der Waals surface area contributed by atoms with Crippen molar-refractivity contribution in [2.24, 2.45) is 0 Å². The lowest BCUT2D eigenvalue weighted by molar-refractivity contribution is -0.139. The molecule has 1 aliphatic rings. The Hall–Kier alpha value is -2.78. The molecule has 1 fully saturated rings. The largest absolute Gasteiger partial charge is 0.352 e. The fourth-order valence-electron chi connectivity index (χ4n) is 4.87. The van der Waals surface area contributed by atoms with Crippen molar-refractivity contribution >= 4 is 62.3 Å². The third-order valence-electron chi connectivity index (χ3n) is 7.20. The Bertz CT molecular complexity index is 1480. The molecule has 3 aromatic carbocycles. The summed E-state index contributed by atoms with van der Waals surface area (Å²) in [6.45, 7) is 1.01. The van der Waals surface area contributed by atoms with Crippen LogP contribution in [0, 0.1) is 0 Å². The molecule has 218 valence electrons. The lowest BCUT2D eigenvalue weighted by Gasteiger charge is -2.33. The van der Waals surface area contributed by atoms with E-state index in [1.54, 1.807) is 49.4 Å². The van der Waals surface area contributed by atoms with E-state index in [-0.39, 0.29) is 39.1 Å². The maximum atomic E-state index is 14.1. The second-order valence-corrected chi connectivity index (χ2v) is 13.2. The summed E-state index contributed by atoms with van der Waals surface area (Å²) in [5.41, 5.74) is 0.673. The highest BCUT2D eigenvalue weighted by Crippen LogP contribution is 2.33. The zero-order valence-electron chi connectivity index (χ0n) is 22.6. The van der Waals surface area contributed by atoms with Crippen molar-refractivity contribution < 1.29 is 18.0 Å². The van der Waals surface area contributed by atoms with Crippen molar-refractivity contribution in [2.45, 2.75) is 62.6 Å². The number of nitrogens with one attached hydrogen (secondary N) is 1. The standard InChI is InChI=1S/C30H32Cl3N3O4S/c1-21(30(38)34-24-11-4-2-5-12-24)35(19-22-10-8-9-15-26(22)32)29(37)20-36(28-18-23(31)16-17-27(28)33)41(39,40)25-13-6-3-7-14-25/h3,6-10,13-18,21,24H,2,4-5,11-12,19-20H2,1H3,(H,34,38)/t21-/m0/s1. The lowest BCUT2D eigenvalue weighted by atomic mass is 9.95. The zero-order valence-corrected chi connectivity index (χ0v) is 25.7. The fourth-order valence-corrected chi connectivity index (χ4v) is 6.95. The molecule has 41 heavy (non-hydrogen) atoms. The molecule has 2 amide bonds. The molecule has 0 radical (unpaired) electrons. The first-order chi connectivity index (χ1) is 19.6. The molecule has 4 rings (SSSR count). The molecule has 7 nitrogen and oxygen atoms in total. The summed E-state index contributed by atoms with van der Waals surface area (Å²) >= 11 is 19.1. The lowest BCUT2D eigenvalue weighted by Crippen LogP contribution is -2.53. The number of amides is 2. The molecular formula is C30H32Cl3N3O4S. The Kier molecular flexibility index (Phi) is 10.6. The van der Waals surface area contributed by atoms with Crippen LogP contribution >= 0.6 is 34.8 Å². The van der Waals surface area contributed by atoms with Gasteiger partial charge in [-0.25, -0.2) is 8.42 Å². The van der Waals surface area contributed by atoms with E-state index in [4.69, 9.17) is 34.8 Å². The van der Waals surface area contributed by atoms with Gasteiger partial charge in [0.1, 0.15) is 12.6 Å². The maximum Gasteiger partial charge on any atom is 0.264 e. The third kappa shape index (κ3) is 7.74. The zero-order chi connectivity index (χ0) is 29.6. The van der Waals surface area contributed by atoms with Gasteiger partial charge < -0.3 is 10.2 Å². The highest BCUT2D eigenvalue weighted by molar-refractivity contribution is 7.92. The van der Waals surface area contributed by atoms with Crippen LogP contribution in [0.1, 0.15) is 44.6 Å². The predicted octanol–water partition coefficient (Wildman–Crippen LogP) is 6.71. The van der Waals surface area contributed by atoms with E-state index in [9.17, 15) is 18.0 Å². The molecule has 0 heterocycles. The predicted molar refractivity (Wildman–Crippen MR) is 164 cm³/mol. The van der Waals surface area contributed by atoms with Crippen LogP contribution in [0.25, 0.3) is 0 Å². The van der Waals surface area contributed by atoms with Crippen LogP contribution in [0.4, 0.5) is 5.69 Å². The van der Waals surface area contributed by atoms with Gasteiger partial charge in [0.25, 0.3) is 10.0 Å². The number of carbonyl (C=O) groups is 2. The van der Waals surface area contributed by atoms with Crippen molar-refractivity contribution in [2.75, 3.05) is 10.8 Å². The summed E-state index contributed by atoms with van der Waals surface area (Å²) in [7, 11) is -4.26. The SMILES string of the molecule is C[C@@H](C(=O)NC1CCCCC1)N(Cc1ccccc1Cl)C(=O)CN(c1cc(Cl)ccc1Cl)S(=O)(=O)c1ccccc1. The summed E-state index contributed by atoms with van der Waals surface area (Å²) in [5, 5.41) is 3.85. The second-order valence-electron chi connectivity index (χ2n) is 10.1. The van der Waals surface area contributed by atoms with Crippen LogP contribution in [-0.2, 0) is 26.2 Å². The number of carbonyl (C=O) groups excluding carboxylic acids is 2. The van der Waals surface area contributed by atoms with E-state index in [2.05, 4.69) is 5.32 Å². The minimum Gasteiger partial charge on any atom is -0.352 e. The molecule has 1 atom stereocenters. The molecule has 11 heteroatoms. The molecule has 0 aliphatic heterocycles. The van der Waals surface area contributed by atoms with Crippen LogP contribution in [0.2, 0.25) is 15.1 Å². The summed E-state index contributed by atoms with van der Waals surface area (Å²) in [4.78, 5) is 28.8. The molecular weight excluding hydrogens is 605 g/mol. The molecule has 1 saturated carbocycles. The van der Waals surface area contributed by atoms with Crippen molar-refractivity contribution in [3.63, 3.8) is 0 Å². The number of anilines is 1. The van der Waals surface area contributed by atoms with Crippen molar-refractivity contribution in [3.8, 4) is 0 Å². The van der Waals surface area contributed by atoms with E-state index >= 15 is 0 Å². The van der Waals surface area contributed by atoms with Crippen molar-refractivity contribution in [1.82, 2.24) is 10.2 Å². The number of hydrogen-bond donors (Lipinski definition) is 1. The topological polar surface area (TPSA) is 86.8 Å². The van der Waals surface area contributed by atoms with Gasteiger partial charge in [-0.1, -0.05) is 90.5 Å². The van der Waals surface area contributed by atoms with Crippen LogP contribution in [0.3, 0.4) is 0 Å². The Morgan fingerprint density at radius 3 is 2.24 bits per heavy atom. The minimum absolute atomic E-state index is 0.000261. The average molecular weight is 637 g/mol. The van der Waals surface area contributed by atoms with Gasteiger partial charge in [-0.3, -0.25) is 13.9 Å². The number of rotatable bonds is 10. The quantitative estimate of drug-likeness (QED) is 0.268. The minimum atomic E-state index is -4.26. The first-order valence-electron chi connectivity index (χ1n) is 13.4. The Morgan fingerprint density at radius 1 is 0.902 bits per heavy atom. The van der Waals surface area contributed by atoms with Gasteiger partial charge in [-0.05, 0) is 61.7 Å². The smallest absolute Gasteiger partial charge is 0.264 e. The number of benzene rings is 3. The molecule has 0 spiro atoms. The first-order valence-corrected chi connectivity index (χ1v) is 16.0. The third-order valence-corrected chi connectivity index (χ3v) is 9.90. The molecule has 1 aliphatic carbocycles. The number of nitrogens with zero attached hydrogens (tertiary/aromatic N) is 2. The monoisotopic (exact) mass is 635 g/mol. The van der Waals surface area contributed by atoms with E-state index in [0.717, 1.165) is 36.4 Å². The molecule has 0 aromatic heterocycles. The molecule has 0 saturated heterocycles. The Balaban J connectivity index is 1.71. The van der Waals surface area contributed by atoms with Crippen LogP contribution < -0.4 is 9.62 Å². The summed E-state index contributed by atoms with van der Waals surface area (Å²) in [6, 6.07) is 18.3. The van der Waals surface area contributed by atoms with Crippen molar-refractivity contribution in [3.05, 3.63) is 93.4 Å². The number of sulfonamides is 1. The van der Waals surface area contributed by atoms with Gasteiger partial charge in [0.15, 0.2) is 0 Å². The van der Waals surface area contributed by atoms with Gasteiger partial charge in [-0.15, -0.1) is 0 Å². The number of halogens is 3. The Morgan fingerprint density at radius 2 is 1.56 bits per heavy atom. The summed E-state index contributed by atoms with van der Waals surface area (Å²) in [6.07, 6.45) is 4.97. The normalized spacial score (nSPS) is 14.7. The molecule has 0 bridgehead atoms. The molecule has 3 aromatic rings. The van der Waals surface area contributed by atoms with E-state index < -0.39 is 28.5 Å². The number of hydrogen-bond acceptors (Lipinski definition) is 4. The average Bonchev–Trinajstić information content (AvgIpc) is 2.97. The van der Waals surface area contributed by atoms with Gasteiger partial charge in [0.05, 0.1) is 15.6 Å². The van der Waals surface area contributed by atoms with E-state index in [0.29, 0.717) is 10.6 Å². The maximum absolute atomic E-state index is 14.1. The van der Waals surface area contributed by atoms with Crippen molar-refractivity contribution in [1.29, 1.82) is 0 Å². The van der Waals surface area contributed by atoms with E-state index in [1.165, 1.54) is 35.2 Å². The van der Waals surface area contributed by atoms with Gasteiger partial charge in [-0.2, -0.15) is 0 Å². The van der Waals surface area contributed by atoms with E-state index in [1.807, 2.05) is 0 Å². The van der Waals surface area contributed by atoms with Gasteiger partial charge in [0, 0.05) is 22.6 Å². The van der Waals surface area contributed by atoms with Gasteiger partial charge in [0.2, 0.25) is 11.8 Å². The summed E-state index contributed by atoms with van der Waals surface area (Å²) in [5.74, 6) is -0.915. The highest BCUT2D eigenvalue weighted by Gasteiger charge is 2.34. The second kappa shape index (κ2) is 13.9. The first kappa shape index (κ1) is 31.2. The van der Waals surface area contributed by atoms with Crippen LogP contribution in [0.5, 0.6) is 0 Å². The summed E-state index contributed by atoms with van der Waals surface area (Å²) < 4.78 is 28.7. The highest BCUT2D eigenvalue weighted by atomic mass is 35.5. The molecule has 1 N–H and O–H groups in total. The van der Waals surface area contributed by atoms with Crippen LogP contribution in [0.15, 0.2) is 77.7 Å². The van der Waals surface area contributed by atoms with Crippen LogP contribution in [-0.4, -0.2) is 43.8 Å². The Labute approximate surface area is 256 Å².